The summed E-state index contributed by atoms with van der Waals surface area (Å²) in [6.45, 7) is 5.71. The molecular weight excluding hydrogens is 240 g/mol. The van der Waals surface area contributed by atoms with Gasteiger partial charge in [-0.15, -0.1) is 0 Å². The summed E-state index contributed by atoms with van der Waals surface area (Å²) in [4.78, 5) is 18.3. The number of imidazole rings is 1. The highest BCUT2D eigenvalue weighted by atomic mass is 16.2. The highest BCUT2D eigenvalue weighted by molar-refractivity contribution is 5.82. The van der Waals surface area contributed by atoms with Crippen molar-refractivity contribution < 1.29 is 4.79 Å². The second-order valence-corrected chi connectivity index (χ2v) is 5.48. The van der Waals surface area contributed by atoms with Crippen LogP contribution in [-0.4, -0.2) is 39.5 Å². The van der Waals surface area contributed by atoms with Crippen LogP contribution in [0.15, 0.2) is 18.7 Å². The summed E-state index contributed by atoms with van der Waals surface area (Å²) < 4.78 is 2.14. The molecule has 0 aromatic carbocycles. The maximum atomic E-state index is 12.3. The Morgan fingerprint density at radius 1 is 1.47 bits per heavy atom. The van der Waals surface area contributed by atoms with E-state index >= 15 is 0 Å². The number of piperidine rings is 1. The first-order chi connectivity index (χ1) is 9.13. The molecule has 1 fully saturated rings. The summed E-state index contributed by atoms with van der Waals surface area (Å²) in [5, 5.41) is 0. The lowest BCUT2D eigenvalue weighted by atomic mass is 9.97. The van der Waals surface area contributed by atoms with Crippen LogP contribution in [0.5, 0.6) is 0 Å². The predicted molar refractivity (Wildman–Crippen MR) is 74.5 cm³/mol. The van der Waals surface area contributed by atoms with Gasteiger partial charge < -0.3 is 15.2 Å². The van der Waals surface area contributed by atoms with Gasteiger partial charge in [-0.25, -0.2) is 4.98 Å². The molecule has 2 unspecified atom stereocenters. The molecule has 2 heterocycles. The molecule has 5 heteroatoms. The topological polar surface area (TPSA) is 64.2 Å². The van der Waals surface area contributed by atoms with Gasteiger partial charge >= 0.3 is 0 Å². The molecule has 1 aliphatic rings. The van der Waals surface area contributed by atoms with Gasteiger partial charge in [0.1, 0.15) is 0 Å². The molecule has 0 saturated carbocycles. The number of hydrogen-bond donors (Lipinski definition) is 1. The Labute approximate surface area is 114 Å². The first-order valence-electron chi connectivity index (χ1n) is 7.15. The van der Waals surface area contributed by atoms with E-state index in [-0.39, 0.29) is 17.9 Å². The number of aromatic nitrogens is 2. The average Bonchev–Trinajstić information content (AvgIpc) is 2.99. The van der Waals surface area contributed by atoms with Crippen LogP contribution in [0.2, 0.25) is 0 Å². The maximum absolute atomic E-state index is 12.3. The van der Waals surface area contributed by atoms with Crippen molar-refractivity contribution in [2.45, 2.75) is 45.2 Å². The van der Waals surface area contributed by atoms with E-state index in [2.05, 4.69) is 16.5 Å². The summed E-state index contributed by atoms with van der Waals surface area (Å²) in [6.07, 6.45) is 8.56. The fraction of sp³-hybridized carbons (Fsp3) is 0.714. The molecule has 1 aromatic rings. The van der Waals surface area contributed by atoms with Gasteiger partial charge in [0.15, 0.2) is 0 Å². The van der Waals surface area contributed by atoms with Gasteiger partial charge in [0.2, 0.25) is 5.91 Å². The Kier molecular flexibility index (Phi) is 4.58. The zero-order chi connectivity index (χ0) is 13.8. The maximum Gasteiger partial charge on any atom is 0.239 e. The Hall–Kier alpha value is -1.36. The van der Waals surface area contributed by atoms with Crippen LogP contribution in [0, 0.1) is 5.92 Å². The van der Waals surface area contributed by atoms with Crippen LogP contribution >= 0.6 is 0 Å². The van der Waals surface area contributed by atoms with Crippen LogP contribution in [-0.2, 0) is 4.79 Å². The van der Waals surface area contributed by atoms with Crippen molar-refractivity contribution in [2.24, 2.45) is 11.7 Å². The zero-order valence-corrected chi connectivity index (χ0v) is 11.8. The lowest BCUT2D eigenvalue weighted by Crippen LogP contribution is -2.49. The Morgan fingerprint density at radius 2 is 2.16 bits per heavy atom. The average molecular weight is 264 g/mol. The molecule has 2 atom stereocenters. The number of rotatable bonds is 4. The van der Waals surface area contributed by atoms with E-state index in [9.17, 15) is 4.79 Å². The molecule has 2 rings (SSSR count). The van der Waals surface area contributed by atoms with Gasteiger partial charge in [-0.3, -0.25) is 4.79 Å². The summed E-state index contributed by atoms with van der Waals surface area (Å²) in [6, 6.07) is 0.112. The summed E-state index contributed by atoms with van der Waals surface area (Å²) in [5.41, 5.74) is 6.02. The van der Waals surface area contributed by atoms with E-state index in [1.807, 2.05) is 24.3 Å². The van der Waals surface area contributed by atoms with Crippen molar-refractivity contribution in [1.82, 2.24) is 14.5 Å². The van der Waals surface area contributed by atoms with Crippen molar-refractivity contribution in [3.63, 3.8) is 0 Å². The second kappa shape index (κ2) is 6.19. The fourth-order valence-electron chi connectivity index (χ4n) is 2.58. The standard InChI is InChI=1S/C14H24N4O/c1-3-11(2)13(15)14(19)17-7-4-12(5-8-17)18-9-6-16-10-18/h6,9-13H,3-5,7-8,15H2,1-2H3. The molecule has 1 aromatic heterocycles. The van der Waals surface area contributed by atoms with Gasteiger partial charge in [0, 0.05) is 31.5 Å². The number of hydrogen-bond acceptors (Lipinski definition) is 3. The number of likely N-dealkylation sites (tertiary alicyclic amines) is 1. The predicted octanol–water partition coefficient (Wildman–Crippen LogP) is 1.42. The third-order valence-electron chi connectivity index (χ3n) is 4.26. The minimum atomic E-state index is -0.352. The van der Waals surface area contributed by atoms with Crippen molar-refractivity contribution in [1.29, 1.82) is 0 Å². The largest absolute Gasteiger partial charge is 0.341 e. The first-order valence-corrected chi connectivity index (χ1v) is 7.15. The number of nitrogens with zero attached hydrogens (tertiary/aromatic N) is 3. The van der Waals surface area contributed by atoms with Gasteiger partial charge in [-0.2, -0.15) is 0 Å². The summed E-state index contributed by atoms with van der Waals surface area (Å²) in [5.74, 6) is 0.359. The third-order valence-corrected chi connectivity index (χ3v) is 4.26. The minimum absolute atomic E-state index is 0.110. The smallest absolute Gasteiger partial charge is 0.239 e. The fourth-order valence-corrected chi connectivity index (χ4v) is 2.58. The van der Waals surface area contributed by atoms with Crippen LogP contribution in [0.4, 0.5) is 0 Å². The lowest BCUT2D eigenvalue weighted by molar-refractivity contribution is -0.135. The van der Waals surface area contributed by atoms with E-state index in [0.29, 0.717) is 6.04 Å². The van der Waals surface area contributed by atoms with Crippen molar-refractivity contribution in [3.8, 4) is 0 Å². The first kappa shape index (κ1) is 14.1. The molecule has 5 nitrogen and oxygen atoms in total. The SMILES string of the molecule is CCC(C)C(N)C(=O)N1CCC(n2ccnc2)CC1. The van der Waals surface area contributed by atoms with Gasteiger partial charge in [-0.1, -0.05) is 20.3 Å². The monoisotopic (exact) mass is 264 g/mol. The molecule has 0 spiro atoms. The van der Waals surface area contributed by atoms with Crippen LogP contribution < -0.4 is 5.73 Å². The highest BCUT2D eigenvalue weighted by Gasteiger charge is 2.28. The molecule has 1 saturated heterocycles. The molecule has 2 N–H and O–H groups in total. The van der Waals surface area contributed by atoms with E-state index in [1.165, 1.54) is 0 Å². The van der Waals surface area contributed by atoms with E-state index in [1.54, 1.807) is 6.20 Å². The molecule has 0 aliphatic carbocycles. The lowest BCUT2D eigenvalue weighted by Gasteiger charge is -2.35. The van der Waals surface area contributed by atoms with E-state index in [0.717, 1.165) is 32.4 Å². The summed E-state index contributed by atoms with van der Waals surface area (Å²) >= 11 is 0. The molecule has 0 radical (unpaired) electrons. The number of carbonyl (C=O) groups excluding carboxylic acids is 1. The van der Waals surface area contributed by atoms with Crippen molar-refractivity contribution >= 4 is 5.91 Å². The van der Waals surface area contributed by atoms with Crippen LogP contribution in [0.25, 0.3) is 0 Å². The quantitative estimate of drug-likeness (QED) is 0.894. The van der Waals surface area contributed by atoms with Crippen molar-refractivity contribution in [2.75, 3.05) is 13.1 Å². The van der Waals surface area contributed by atoms with Crippen LogP contribution in [0.3, 0.4) is 0 Å². The molecule has 1 aliphatic heterocycles. The second-order valence-electron chi connectivity index (χ2n) is 5.48. The normalized spacial score (nSPS) is 20.3. The van der Waals surface area contributed by atoms with Crippen LogP contribution in [0.1, 0.15) is 39.2 Å². The van der Waals surface area contributed by atoms with Crippen molar-refractivity contribution in [3.05, 3.63) is 18.7 Å². The summed E-state index contributed by atoms with van der Waals surface area (Å²) in [7, 11) is 0. The Bertz CT molecular complexity index is 396. The van der Waals surface area contributed by atoms with Gasteiger partial charge in [0.05, 0.1) is 12.4 Å². The number of nitrogens with two attached hydrogens (primary N) is 1. The molecule has 19 heavy (non-hydrogen) atoms. The molecular formula is C14H24N4O. The molecule has 1 amide bonds. The molecule has 0 bridgehead atoms. The molecule has 106 valence electrons. The zero-order valence-electron chi connectivity index (χ0n) is 11.8. The highest BCUT2D eigenvalue weighted by Crippen LogP contribution is 2.23. The van der Waals surface area contributed by atoms with Gasteiger partial charge in [0.25, 0.3) is 0 Å². The van der Waals surface area contributed by atoms with Gasteiger partial charge in [-0.05, 0) is 18.8 Å². The minimum Gasteiger partial charge on any atom is -0.341 e. The third kappa shape index (κ3) is 3.15. The Morgan fingerprint density at radius 3 is 2.68 bits per heavy atom. The number of amides is 1. The van der Waals surface area contributed by atoms with E-state index in [4.69, 9.17) is 5.73 Å². The number of carbonyl (C=O) groups is 1. The Balaban J connectivity index is 1.87. The van der Waals surface area contributed by atoms with E-state index < -0.39 is 0 Å².